The SMILES string of the molecule is Cc1ccc(Nc2nnc(SCC(=O)Nc3cc4c(cc3Cl)OCCO4)s2)cc1. The molecule has 0 saturated carbocycles. The number of halogens is 1. The number of nitrogens with one attached hydrogen (secondary N) is 2. The van der Waals surface area contributed by atoms with Crippen LogP contribution >= 0.6 is 34.7 Å². The molecule has 4 rings (SSSR count). The van der Waals surface area contributed by atoms with E-state index in [1.807, 2.05) is 31.2 Å². The van der Waals surface area contributed by atoms with E-state index in [9.17, 15) is 4.79 Å². The molecule has 150 valence electrons. The summed E-state index contributed by atoms with van der Waals surface area (Å²) in [7, 11) is 0. The molecule has 0 unspecified atom stereocenters. The normalized spacial score (nSPS) is 12.5. The molecule has 0 saturated heterocycles. The Hall–Kier alpha value is -2.49. The highest BCUT2D eigenvalue weighted by Crippen LogP contribution is 2.38. The smallest absolute Gasteiger partial charge is 0.234 e. The molecule has 2 heterocycles. The minimum absolute atomic E-state index is 0.184. The number of aromatic nitrogens is 2. The van der Waals surface area contributed by atoms with Gasteiger partial charge < -0.3 is 20.1 Å². The van der Waals surface area contributed by atoms with Gasteiger partial charge in [0.25, 0.3) is 0 Å². The van der Waals surface area contributed by atoms with E-state index in [0.717, 1.165) is 5.69 Å². The summed E-state index contributed by atoms with van der Waals surface area (Å²) in [6, 6.07) is 11.3. The zero-order valence-corrected chi connectivity index (χ0v) is 17.8. The molecule has 29 heavy (non-hydrogen) atoms. The highest BCUT2D eigenvalue weighted by Gasteiger charge is 2.17. The maximum atomic E-state index is 12.3. The van der Waals surface area contributed by atoms with Crippen molar-refractivity contribution >= 4 is 57.1 Å². The van der Waals surface area contributed by atoms with Gasteiger partial charge in [0, 0.05) is 17.8 Å². The van der Waals surface area contributed by atoms with E-state index >= 15 is 0 Å². The average Bonchev–Trinajstić information content (AvgIpc) is 3.16. The summed E-state index contributed by atoms with van der Waals surface area (Å²) in [6.07, 6.45) is 0. The molecule has 0 radical (unpaired) electrons. The first kappa shape index (κ1) is 19.8. The minimum atomic E-state index is -0.197. The van der Waals surface area contributed by atoms with Crippen LogP contribution in [0.25, 0.3) is 0 Å². The lowest BCUT2D eigenvalue weighted by molar-refractivity contribution is -0.113. The minimum Gasteiger partial charge on any atom is -0.486 e. The van der Waals surface area contributed by atoms with Crippen molar-refractivity contribution in [2.45, 2.75) is 11.3 Å². The van der Waals surface area contributed by atoms with Gasteiger partial charge in [0.15, 0.2) is 15.8 Å². The van der Waals surface area contributed by atoms with E-state index in [0.29, 0.717) is 44.9 Å². The largest absolute Gasteiger partial charge is 0.486 e. The quantitative estimate of drug-likeness (QED) is 0.526. The van der Waals surface area contributed by atoms with Gasteiger partial charge in [-0.1, -0.05) is 52.4 Å². The molecule has 7 nitrogen and oxygen atoms in total. The molecule has 10 heteroatoms. The van der Waals surface area contributed by atoms with Gasteiger partial charge in [-0.25, -0.2) is 0 Å². The number of aryl methyl sites for hydroxylation is 1. The van der Waals surface area contributed by atoms with Crippen LogP contribution in [0.5, 0.6) is 11.5 Å². The van der Waals surface area contributed by atoms with Gasteiger partial charge in [-0.2, -0.15) is 0 Å². The lowest BCUT2D eigenvalue weighted by Crippen LogP contribution is -2.17. The zero-order chi connectivity index (χ0) is 20.2. The first-order chi connectivity index (χ1) is 14.1. The summed E-state index contributed by atoms with van der Waals surface area (Å²) in [5, 5.41) is 15.3. The van der Waals surface area contributed by atoms with E-state index in [1.54, 1.807) is 12.1 Å². The zero-order valence-electron chi connectivity index (χ0n) is 15.4. The Balaban J connectivity index is 1.32. The maximum absolute atomic E-state index is 12.3. The van der Waals surface area contributed by atoms with E-state index in [4.69, 9.17) is 21.1 Å². The van der Waals surface area contributed by atoms with Crippen LogP contribution in [0.1, 0.15) is 5.56 Å². The number of thioether (sulfide) groups is 1. The van der Waals surface area contributed by atoms with E-state index in [1.165, 1.54) is 28.7 Å². The van der Waals surface area contributed by atoms with Gasteiger partial charge >= 0.3 is 0 Å². The van der Waals surface area contributed by atoms with Gasteiger partial charge in [0.1, 0.15) is 13.2 Å². The summed E-state index contributed by atoms with van der Waals surface area (Å²) < 4.78 is 11.7. The van der Waals surface area contributed by atoms with Crippen LogP contribution in [0.15, 0.2) is 40.7 Å². The van der Waals surface area contributed by atoms with Gasteiger partial charge in [0.2, 0.25) is 11.0 Å². The van der Waals surface area contributed by atoms with Crippen molar-refractivity contribution in [3.63, 3.8) is 0 Å². The fourth-order valence-corrected chi connectivity index (χ4v) is 4.33. The summed E-state index contributed by atoms with van der Waals surface area (Å²) in [5.41, 5.74) is 2.61. The number of nitrogens with zero attached hydrogens (tertiary/aromatic N) is 2. The third-order valence-electron chi connectivity index (χ3n) is 3.94. The van der Waals surface area contributed by atoms with Crippen LogP contribution in [0, 0.1) is 6.92 Å². The molecular weight excluding hydrogens is 432 g/mol. The van der Waals surface area contributed by atoms with Crippen molar-refractivity contribution in [2.24, 2.45) is 0 Å². The first-order valence-electron chi connectivity index (χ1n) is 8.76. The Labute approximate surface area is 180 Å². The molecule has 3 aromatic rings. The number of carbonyl (C=O) groups excluding carboxylic acids is 1. The summed E-state index contributed by atoms with van der Waals surface area (Å²) >= 11 is 8.93. The Morgan fingerprint density at radius 2 is 1.90 bits per heavy atom. The van der Waals surface area contributed by atoms with Gasteiger partial charge in [-0.05, 0) is 19.1 Å². The number of hydrogen-bond acceptors (Lipinski definition) is 8. The number of amides is 1. The molecule has 0 bridgehead atoms. The van der Waals surface area contributed by atoms with E-state index in [-0.39, 0.29) is 11.7 Å². The van der Waals surface area contributed by atoms with Gasteiger partial charge in [-0.15, -0.1) is 10.2 Å². The number of anilines is 3. The van der Waals surface area contributed by atoms with Crippen LogP contribution in [-0.2, 0) is 4.79 Å². The lowest BCUT2D eigenvalue weighted by Gasteiger charge is -2.19. The summed E-state index contributed by atoms with van der Waals surface area (Å²) in [5.74, 6) is 1.14. The number of fused-ring (bicyclic) bond motifs is 1. The topological polar surface area (TPSA) is 85.4 Å². The number of hydrogen-bond donors (Lipinski definition) is 2. The third kappa shape index (κ3) is 5.11. The molecule has 0 fully saturated rings. The molecule has 2 aromatic carbocycles. The Kier molecular flexibility index (Phi) is 6.08. The molecule has 0 atom stereocenters. The lowest BCUT2D eigenvalue weighted by atomic mass is 10.2. The Morgan fingerprint density at radius 1 is 1.17 bits per heavy atom. The predicted molar refractivity (Wildman–Crippen MR) is 116 cm³/mol. The van der Waals surface area contributed by atoms with Crippen LogP contribution in [0.3, 0.4) is 0 Å². The molecule has 1 aromatic heterocycles. The maximum Gasteiger partial charge on any atom is 0.234 e. The Bertz CT molecular complexity index is 1030. The second-order valence-electron chi connectivity index (χ2n) is 6.18. The van der Waals surface area contributed by atoms with Crippen molar-refractivity contribution in [3.8, 4) is 11.5 Å². The second kappa shape index (κ2) is 8.89. The number of benzene rings is 2. The van der Waals surface area contributed by atoms with E-state index < -0.39 is 0 Å². The van der Waals surface area contributed by atoms with Crippen molar-refractivity contribution in [1.29, 1.82) is 0 Å². The summed E-state index contributed by atoms with van der Waals surface area (Å²) in [4.78, 5) is 12.3. The monoisotopic (exact) mass is 448 g/mol. The molecule has 1 amide bonds. The van der Waals surface area contributed by atoms with E-state index in [2.05, 4.69) is 20.8 Å². The standard InChI is InChI=1S/C19H17ClN4O3S2/c1-11-2-4-12(5-3-11)21-18-23-24-19(29-18)28-10-17(25)22-14-9-16-15(8-13(14)20)26-6-7-27-16/h2-5,8-9H,6-7,10H2,1H3,(H,21,23)(H,22,25). The first-order valence-corrected chi connectivity index (χ1v) is 10.9. The predicted octanol–water partition coefficient (Wildman–Crippen LogP) is 4.75. The highest BCUT2D eigenvalue weighted by atomic mass is 35.5. The average molecular weight is 449 g/mol. The third-order valence-corrected chi connectivity index (χ3v) is 6.23. The van der Waals surface area contributed by atoms with Crippen LogP contribution < -0.4 is 20.1 Å². The van der Waals surface area contributed by atoms with Crippen molar-refractivity contribution in [3.05, 3.63) is 47.0 Å². The van der Waals surface area contributed by atoms with Gasteiger partial charge in [0.05, 0.1) is 16.5 Å². The van der Waals surface area contributed by atoms with Crippen LogP contribution in [-0.4, -0.2) is 35.1 Å². The molecular formula is C19H17ClN4O3S2. The number of rotatable bonds is 6. The van der Waals surface area contributed by atoms with Crippen LogP contribution in [0.4, 0.5) is 16.5 Å². The molecule has 0 aliphatic carbocycles. The second-order valence-corrected chi connectivity index (χ2v) is 8.78. The molecule has 1 aliphatic heterocycles. The highest BCUT2D eigenvalue weighted by molar-refractivity contribution is 8.01. The van der Waals surface area contributed by atoms with Crippen molar-refractivity contribution in [1.82, 2.24) is 10.2 Å². The fourth-order valence-electron chi connectivity index (χ4n) is 2.55. The summed E-state index contributed by atoms with van der Waals surface area (Å²) in [6.45, 7) is 2.98. The Morgan fingerprint density at radius 3 is 2.66 bits per heavy atom. The fraction of sp³-hybridized carbons (Fsp3) is 0.211. The van der Waals surface area contributed by atoms with Gasteiger partial charge in [-0.3, -0.25) is 4.79 Å². The molecule has 1 aliphatic rings. The van der Waals surface area contributed by atoms with Crippen molar-refractivity contribution in [2.75, 3.05) is 29.6 Å². The number of ether oxygens (including phenoxy) is 2. The van der Waals surface area contributed by atoms with Crippen molar-refractivity contribution < 1.29 is 14.3 Å². The molecule has 2 N–H and O–H groups in total. The number of carbonyl (C=O) groups is 1. The van der Waals surface area contributed by atoms with Crippen LogP contribution in [0.2, 0.25) is 5.02 Å². The molecule has 0 spiro atoms.